The van der Waals surface area contributed by atoms with Crippen LogP contribution >= 0.6 is 0 Å². The van der Waals surface area contributed by atoms with Gasteiger partial charge in [0, 0.05) is 20.0 Å². The first-order chi connectivity index (χ1) is 8.71. The molecule has 0 bridgehead atoms. The van der Waals surface area contributed by atoms with Crippen molar-refractivity contribution in [3.05, 3.63) is 0 Å². The number of methoxy groups -OCH3 is 1. The normalized spacial score (nSPS) is 22.6. The highest BCUT2D eigenvalue weighted by atomic mass is 19.4. The predicted octanol–water partition coefficient (Wildman–Crippen LogP) is 3.82. The van der Waals surface area contributed by atoms with Crippen molar-refractivity contribution in [2.24, 2.45) is 5.41 Å². The maximum atomic E-state index is 13.0. The van der Waals surface area contributed by atoms with Gasteiger partial charge in [-0.25, -0.2) is 0 Å². The van der Waals surface area contributed by atoms with Crippen LogP contribution in [0.5, 0.6) is 0 Å². The fourth-order valence-electron chi connectivity index (χ4n) is 2.18. The van der Waals surface area contributed by atoms with Crippen molar-refractivity contribution in [1.29, 1.82) is 0 Å². The zero-order valence-electron chi connectivity index (χ0n) is 11.6. The molecule has 0 amide bonds. The third-order valence-corrected chi connectivity index (χ3v) is 4.05. The van der Waals surface area contributed by atoms with Crippen LogP contribution in [0.2, 0.25) is 0 Å². The minimum Gasteiger partial charge on any atom is -0.432 e. The summed E-state index contributed by atoms with van der Waals surface area (Å²) >= 11 is 0. The van der Waals surface area contributed by atoms with Crippen LogP contribution in [-0.2, 0) is 14.3 Å². The number of carbonyl (C=O) groups is 1. The van der Waals surface area contributed by atoms with Crippen molar-refractivity contribution >= 4 is 5.97 Å². The Kier molecular flexibility index (Phi) is 4.87. The minimum atomic E-state index is -4.62. The van der Waals surface area contributed by atoms with Gasteiger partial charge >= 0.3 is 12.1 Å². The second-order valence-electron chi connectivity index (χ2n) is 5.25. The summed E-state index contributed by atoms with van der Waals surface area (Å²) < 4.78 is 49.3. The van der Waals surface area contributed by atoms with Crippen molar-refractivity contribution in [3.63, 3.8) is 0 Å². The molecule has 3 nitrogen and oxygen atoms in total. The zero-order chi connectivity index (χ0) is 14.7. The first-order valence-corrected chi connectivity index (χ1v) is 6.56. The summed E-state index contributed by atoms with van der Waals surface area (Å²) in [7, 11) is 1.37. The molecule has 0 N–H and O–H groups in total. The fraction of sp³-hybridized carbons (Fsp3) is 0.923. The quantitative estimate of drug-likeness (QED) is 0.581. The van der Waals surface area contributed by atoms with E-state index in [1.165, 1.54) is 14.0 Å². The Morgan fingerprint density at radius 1 is 1.21 bits per heavy atom. The number of rotatable bonds is 4. The van der Waals surface area contributed by atoms with Crippen LogP contribution < -0.4 is 0 Å². The van der Waals surface area contributed by atoms with Gasteiger partial charge in [-0.05, 0) is 26.2 Å². The van der Waals surface area contributed by atoms with Gasteiger partial charge in [0.2, 0.25) is 5.79 Å². The van der Waals surface area contributed by atoms with Gasteiger partial charge in [-0.3, -0.25) is 4.79 Å². The van der Waals surface area contributed by atoms with Crippen LogP contribution in [0.4, 0.5) is 13.2 Å². The largest absolute Gasteiger partial charge is 0.432 e. The van der Waals surface area contributed by atoms with E-state index in [4.69, 9.17) is 9.47 Å². The molecule has 0 spiro atoms. The highest BCUT2D eigenvalue weighted by Crippen LogP contribution is 2.44. The van der Waals surface area contributed by atoms with Crippen LogP contribution in [-0.4, -0.2) is 25.0 Å². The zero-order valence-corrected chi connectivity index (χ0v) is 11.6. The number of carbonyl (C=O) groups excluding carboxylic acids is 1. The summed E-state index contributed by atoms with van der Waals surface area (Å²) in [6.07, 6.45) is -1.52. The van der Waals surface area contributed by atoms with Crippen LogP contribution in [0.1, 0.15) is 52.4 Å². The number of halogens is 3. The first kappa shape index (κ1) is 16.3. The third-order valence-electron chi connectivity index (χ3n) is 4.05. The summed E-state index contributed by atoms with van der Waals surface area (Å²) in [5.74, 6) is -2.43. The van der Waals surface area contributed by atoms with Gasteiger partial charge in [0.05, 0.1) is 0 Å². The van der Waals surface area contributed by atoms with Crippen LogP contribution in [0.25, 0.3) is 0 Å². The molecule has 112 valence electrons. The SMILES string of the molecule is CCC(C)(C(=O)OC1(OC)CCCCC1)C(F)(F)F. The lowest BCUT2D eigenvalue weighted by Gasteiger charge is -2.38. The monoisotopic (exact) mass is 282 g/mol. The average molecular weight is 282 g/mol. The standard InChI is InChI=1S/C13H21F3O3/c1-4-11(2,13(14,15)16)10(17)19-12(18-3)8-6-5-7-9-12/h4-9H2,1-3H3. The van der Waals surface area contributed by atoms with Gasteiger partial charge in [0.25, 0.3) is 0 Å². The summed E-state index contributed by atoms with van der Waals surface area (Å²) in [6, 6.07) is 0. The van der Waals surface area contributed by atoms with E-state index in [-0.39, 0.29) is 6.42 Å². The molecule has 1 aliphatic rings. The minimum absolute atomic E-state index is 0.352. The van der Waals surface area contributed by atoms with E-state index < -0.39 is 23.3 Å². The van der Waals surface area contributed by atoms with Crippen LogP contribution in [0.3, 0.4) is 0 Å². The number of esters is 1. The van der Waals surface area contributed by atoms with E-state index in [9.17, 15) is 18.0 Å². The van der Waals surface area contributed by atoms with E-state index in [0.29, 0.717) is 12.8 Å². The highest BCUT2D eigenvalue weighted by molar-refractivity contribution is 5.77. The Bertz CT molecular complexity index is 322. The molecule has 1 fully saturated rings. The van der Waals surface area contributed by atoms with Crippen molar-refractivity contribution in [3.8, 4) is 0 Å². The molecule has 19 heavy (non-hydrogen) atoms. The van der Waals surface area contributed by atoms with E-state index in [0.717, 1.165) is 26.2 Å². The molecule has 0 aromatic heterocycles. The molecule has 1 saturated carbocycles. The maximum absolute atomic E-state index is 13.0. The molecule has 6 heteroatoms. The Labute approximate surface area is 111 Å². The van der Waals surface area contributed by atoms with E-state index >= 15 is 0 Å². The van der Waals surface area contributed by atoms with Crippen molar-refractivity contribution in [2.75, 3.05) is 7.11 Å². The summed E-state index contributed by atoms with van der Waals surface area (Å²) in [4.78, 5) is 12.0. The topological polar surface area (TPSA) is 35.5 Å². The lowest BCUT2D eigenvalue weighted by Crippen LogP contribution is -2.48. The van der Waals surface area contributed by atoms with Gasteiger partial charge in [0.1, 0.15) is 0 Å². The highest BCUT2D eigenvalue weighted by Gasteiger charge is 2.58. The molecule has 0 aliphatic heterocycles. The molecule has 0 heterocycles. The summed E-state index contributed by atoms with van der Waals surface area (Å²) in [5, 5.41) is 0. The molecule has 0 saturated heterocycles. The third kappa shape index (κ3) is 3.22. The Morgan fingerprint density at radius 2 is 1.74 bits per heavy atom. The fourth-order valence-corrected chi connectivity index (χ4v) is 2.18. The molecule has 1 unspecified atom stereocenters. The number of hydrogen-bond donors (Lipinski definition) is 0. The Morgan fingerprint density at radius 3 is 2.11 bits per heavy atom. The second-order valence-corrected chi connectivity index (χ2v) is 5.25. The predicted molar refractivity (Wildman–Crippen MR) is 63.4 cm³/mol. The first-order valence-electron chi connectivity index (χ1n) is 6.56. The van der Waals surface area contributed by atoms with Gasteiger partial charge in [-0.2, -0.15) is 13.2 Å². The van der Waals surface area contributed by atoms with E-state index in [1.54, 1.807) is 0 Å². The Hall–Kier alpha value is -0.780. The van der Waals surface area contributed by atoms with E-state index in [1.807, 2.05) is 0 Å². The molecule has 1 aliphatic carbocycles. The van der Waals surface area contributed by atoms with Crippen molar-refractivity contribution < 1.29 is 27.4 Å². The van der Waals surface area contributed by atoms with Crippen molar-refractivity contribution in [2.45, 2.75) is 64.3 Å². The summed E-state index contributed by atoms with van der Waals surface area (Å²) in [5.41, 5.74) is -2.48. The number of ether oxygens (including phenoxy) is 2. The van der Waals surface area contributed by atoms with Gasteiger partial charge in [0.15, 0.2) is 5.41 Å². The van der Waals surface area contributed by atoms with Gasteiger partial charge in [-0.1, -0.05) is 13.3 Å². The van der Waals surface area contributed by atoms with Crippen LogP contribution in [0.15, 0.2) is 0 Å². The second kappa shape index (κ2) is 5.69. The van der Waals surface area contributed by atoms with Crippen molar-refractivity contribution in [1.82, 2.24) is 0 Å². The van der Waals surface area contributed by atoms with Gasteiger partial charge < -0.3 is 9.47 Å². The number of hydrogen-bond acceptors (Lipinski definition) is 3. The average Bonchev–Trinajstić information content (AvgIpc) is 2.37. The molecule has 0 aromatic carbocycles. The molecule has 0 radical (unpaired) electrons. The smallest absolute Gasteiger partial charge is 0.404 e. The number of alkyl halides is 3. The molecular formula is C13H21F3O3. The molecule has 1 rings (SSSR count). The molecular weight excluding hydrogens is 261 g/mol. The van der Waals surface area contributed by atoms with Crippen LogP contribution in [0, 0.1) is 5.41 Å². The van der Waals surface area contributed by atoms with E-state index in [2.05, 4.69) is 0 Å². The summed E-state index contributed by atoms with van der Waals surface area (Å²) in [6.45, 7) is 2.20. The maximum Gasteiger partial charge on any atom is 0.404 e. The molecule has 1 atom stereocenters. The molecule has 0 aromatic rings. The lowest BCUT2D eigenvalue weighted by atomic mass is 9.86. The Balaban J connectivity index is 2.87. The van der Waals surface area contributed by atoms with Gasteiger partial charge in [-0.15, -0.1) is 0 Å². The lowest BCUT2D eigenvalue weighted by molar-refractivity contribution is -0.269.